The van der Waals surface area contributed by atoms with Crippen molar-refractivity contribution in [2.45, 2.75) is 27.2 Å². The summed E-state index contributed by atoms with van der Waals surface area (Å²) in [6.45, 7) is 9.17. The Morgan fingerprint density at radius 1 is 1.54 bits per heavy atom. The molecule has 0 aliphatic rings. The van der Waals surface area contributed by atoms with Gasteiger partial charge in [0.25, 0.3) is 5.91 Å². The molecule has 0 aromatic rings. The maximum Gasteiger partial charge on any atom is 0.250 e. The lowest BCUT2D eigenvalue weighted by molar-refractivity contribution is -0.116. The van der Waals surface area contributed by atoms with Crippen LogP contribution in [0.3, 0.4) is 0 Å². The number of rotatable bonds is 4. The van der Waals surface area contributed by atoms with Gasteiger partial charge in [-0.3, -0.25) is 4.79 Å². The first-order valence-electron chi connectivity index (χ1n) is 4.41. The van der Waals surface area contributed by atoms with Crippen molar-refractivity contribution in [3.05, 3.63) is 36.1 Å². The van der Waals surface area contributed by atoms with Crippen LogP contribution >= 0.6 is 0 Å². The molecule has 1 N–H and O–H groups in total. The highest BCUT2D eigenvalue weighted by atomic mass is 16.1. The molecule has 0 unspecified atom stereocenters. The zero-order valence-electron chi connectivity index (χ0n) is 8.55. The third-order valence-electron chi connectivity index (χ3n) is 1.49. The quantitative estimate of drug-likeness (QED) is 0.521. The highest BCUT2D eigenvalue weighted by molar-refractivity contribution is 5.93. The van der Waals surface area contributed by atoms with E-state index in [1.165, 1.54) is 0 Å². The second-order valence-corrected chi connectivity index (χ2v) is 2.79. The van der Waals surface area contributed by atoms with Gasteiger partial charge in [0, 0.05) is 11.3 Å². The van der Waals surface area contributed by atoms with Crippen LogP contribution in [0, 0.1) is 0 Å². The highest BCUT2D eigenvalue weighted by Gasteiger charge is 2.00. The smallest absolute Gasteiger partial charge is 0.250 e. The van der Waals surface area contributed by atoms with Crippen molar-refractivity contribution in [1.29, 1.82) is 0 Å². The van der Waals surface area contributed by atoms with Crippen molar-refractivity contribution in [3.63, 3.8) is 0 Å². The van der Waals surface area contributed by atoms with Gasteiger partial charge in [-0.25, -0.2) is 0 Å². The van der Waals surface area contributed by atoms with Crippen LogP contribution in [0.25, 0.3) is 0 Å². The van der Waals surface area contributed by atoms with Gasteiger partial charge in [-0.15, -0.1) is 0 Å². The van der Waals surface area contributed by atoms with Crippen LogP contribution in [0.1, 0.15) is 27.2 Å². The summed E-state index contributed by atoms with van der Waals surface area (Å²) >= 11 is 0. The lowest BCUT2D eigenvalue weighted by Gasteiger charge is -2.04. The van der Waals surface area contributed by atoms with Crippen LogP contribution < -0.4 is 5.32 Å². The molecular weight excluding hydrogens is 162 g/mol. The first-order valence-corrected chi connectivity index (χ1v) is 4.41. The molecular formula is C11H17NO. The van der Waals surface area contributed by atoms with E-state index in [1.807, 2.05) is 32.1 Å². The molecule has 72 valence electrons. The van der Waals surface area contributed by atoms with Gasteiger partial charge in [0.2, 0.25) is 0 Å². The average molecular weight is 179 g/mol. The van der Waals surface area contributed by atoms with E-state index in [2.05, 4.69) is 11.9 Å². The van der Waals surface area contributed by atoms with Crippen LogP contribution in [0.5, 0.6) is 0 Å². The molecule has 0 aliphatic carbocycles. The van der Waals surface area contributed by atoms with Gasteiger partial charge < -0.3 is 5.32 Å². The van der Waals surface area contributed by atoms with Gasteiger partial charge in [-0.05, 0) is 26.3 Å². The molecule has 0 aliphatic heterocycles. The van der Waals surface area contributed by atoms with Gasteiger partial charge >= 0.3 is 0 Å². The van der Waals surface area contributed by atoms with Crippen molar-refractivity contribution in [3.8, 4) is 0 Å². The molecule has 0 atom stereocenters. The van der Waals surface area contributed by atoms with Crippen molar-refractivity contribution >= 4 is 5.91 Å². The number of hydrogen-bond acceptors (Lipinski definition) is 1. The second kappa shape index (κ2) is 6.23. The molecule has 0 heterocycles. The molecule has 0 rings (SSSR count). The molecule has 2 heteroatoms. The first kappa shape index (κ1) is 11.7. The van der Waals surface area contributed by atoms with Crippen LogP contribution in [0.2, 0.25) is 0 Å². The standard InChI is InChI=1S/C11H17NO/c1-5-7-8-10(6-2)12-11(13)9(3)4/h6-8H,3,5H2,1-2,4H3,(H,12,13)/b8-7-,10-6+. The molecule has 0 aromatic carbocycles. The molecule has 0 spiro atoms. The molecule has 0 radical (unpaired) electrons. The van der Waals surface area contributed by atoms with Crippen LogP contribution in [-0.4, -0.2) is 5.91 Å². The molecule has 1 amide bonds. The summed E-state index contributed by atoms with van der Waals surface area (Å²) < 4.78 is 0. The van der Waals surface area contributed by atoms with Gasteiger partial charge in [0.1, 0.15) is 0 Å². The Kier molecular flexibility index (Phi) is 5.60. The van der Waals surface area contributed by atoms with Gasteiger partial charge in [-0.1, -0.05) is 25.7 Å². The summed E-state index contributed by atoms with van der Waals surface area (Å²) in [4.78, 5) is 11.2. The first-order chi connectivity index (χ1) is 6.11. The SMILES string of the molecule is C=C(C)C(=O)NC(/C=C\CC)=C/C. The lowest BCUT2D eigenvalue weighted by Crippen LogP contribution is -2.21. The Bertz CT molecular complexity index is 249. The monoisotopic (exact) mass is 179 g/mol. The van der Waals surface area contributed by atoms with Crippen LogP contribution in [-0.2, 0) is 4.79 Å². The van der Waals surface area contributed by atoms with Crippen molar-refractivity contribution in [1.82, 2.24) is 5.32 Å². The Morgan fingerprint density at radius 3 is 2.54 bits per heavy atom. The van der Waals surface area contributed by atoms with E-state index in [4.69, 9.17) is 0 Å². The summed E-state index contributed by atoms with van der Waals surface area (Å²) in [6, 6.07) is 0. The number of carbonyl (C=O) groups is 1. The summed E-state index contributed by atoms with van der Waals surface area (Å²) in [5, 5.41) is 2.74. The predicted octanol–water partition coefficient (Wildman–Crippen LogP) is 2.55. The lowest BCUT2D eigenvalue weighted by atomic mass is 10.3. The minimum absolute atomic E-state index is 0.131. The normalized spacial score (nSPS) is 11.8. The van der Waals surface area contributed by atoms with Gasteiger partial charge in [-0.2, -0.15) is 0 Å². The third kappa shape index (κ3) is 5.01. The van der Waals surface area contributed by atoms with E-state index in [0.29, 0.717) is 5.57 Å². The zero-order valence-corrected chi connectivity index (χ0v) is 8.55. The number of carbonyl (C=O) groups excluding carboxylic acids is 1. The van der Waals surface area contributed by atoms with Crippen LogP contribution in [0.15, 0.2) is 36.1 Å². The topological polar surface area (TPSA) is 29.1 Å². The molecule has 0 aromatic heterocycles. The van der Waals surface area contributed by atoms with E-state index in [1.54, 1.807) is 6.92 Å². The summed E-state index contributed by atoms with van der Waals surface area (Å²) in [6.07, 6.45) is 6.70. The van der Waals surface area contributed by atoms with E-state index in [9.17, 15) is 4.79 Å². The van der Waals surface area contributed by atoms with E-state index in [-0.39, 0.29) is 5.91 Å². The minimum Gasteiger partial charge on any atom is -0.323 e. The number of nitrogens with one attached hydrogen (secondary N) is 1. The van der Waals surface area contributed by atoms with E-state index >= 15 is 0 Å². The Labute approximate surface area is 80.0 Å². The summed E-state index contributed by atoms with van der Waals surface area (Å²) in [5.41, 5.74) is 1.33. The third-order valence-corrected chi connectivity index (χ3v) is 1.49. The number of hydrogen-bond donors (Lipinski definition) is 1. The summed E-state index contributed by atoms with van der Waals surface area (Å²) in [7, 11) is 0. The van der Waals surface area contributed by atoms with E-state index < -0.39 is 0 Å². The maximum atomic E-state index is 11.2. The fourth-order valence-corrected chi connectivity index (χ4v) is 0.693. The van der Waals surface area contributed by atoms with Gasteiger partial charge in [0.05, 0.1) is 0 Å². The zero-order chi connectivity index (χ0) is 10.3. The molecule has 0 saturated heterocycles. The Morgan fingerprint density at radius 2 is 2.15 bits per heavy atom. The highest BCUT2D eigenvalue weighted by Crippen LogP contribution is 1.96. The second-order valence-electron chi connectivity index (χ2n) is 2.79. The largest absolute Gasteiger partial charge is 0.323 e. The minimum atomic E-state index is -0.131. The summed E-state index contributed by atoms with van der Waals surface area (Å²) in [5.74, 6) is -0.131. The molecule has 13 heavy (non-hydrogen) atoms. The Hall–Kier alpha value is -1.31. The molecule has 2 nitrogen and oxygen atoms in total. The van der Waals surface area contributed by atoms with Crippen molar-refractivity contribution in [2.75, 3.05) is 0 Å². The molecule has 0 saturated carbocycles. The predicted molar refractivity (Wildman–Crippen MR) is 56.1 cm³/mol. The number of amides is 1. The number of allylic oxidation sites excluding steroid dienone is 3. The van der Waals surface area contributed by atoms with Crippen LogP contribution in [0.4, 0.5) is 0 Å². The fraction of sp³-hybridized carbons (Fsp3) is 0.364. The van der Waals surface area contributed by atoms with E-state index in [0.717, 1.165) is 12.1 Å². The van der Waals surface area contributed by atoms with Crippen molar-refractivity contribution < 1.29 is 4.79 Å². The fourth-order valence-electron chi connectivity index (χ4n) is 0.693. The molecule has 0 fully saturated rings. The molecule has 0 bridgehead atoms. The van der Waals surface area contributed by atoms with Crippen molar-refractivity contribution in [2.24, 2.45) is 0 Å². The maximum absolute atomic E-state index is 11.2. The van der Waals surface area contributed by atoms with Gasteiger partial charge in [0.15, 0.2) is 0 Å². The Balaban J connectivity index is 4.23. The average Bonchev–Trinajstić information content (AvgIpc) is 2.11.